The predicted octanol–water partition coefficient (Wildman–Crippen LogP) is 1.66. The molecule has 0 N–H and O–H groups in total. The first kappa shape index (κ1) is 11.1. The van der Waals surface area contributed by atoms with Gasteiger partial charge in [0.15, 0.2) is 0 Å². The topological polar surface area (TPSA) is 27.7 Å². The number of hydrogen-bond donors (Lipinski definition) is 0. The van der Waals surface area contributed by atoms with Crippen molar-refractivity contribution in [2.24, 2.45) is 0 Å². The first-order chi connectivity index (χ1) is 5.04. The average molecular weight is 178 g/mol. The molecule has 0 aliphatic rings. The minimum absolute atomic E-state index is 0.165. The number of hydrogen-bond acceptors (Lipinski definition) is 3. The highest BCUT2D eigenvalue weighted by Gasteiger charge is 2.33. The maximum Gasteiger partial charge on any atom is 0.497 e. The fourth-order valence-electron chi connectivity index (χ4n) is 0.831. The van der Waals surface area contributed by atoms with E-state index in [0.717, 1.165) is 0 Å². The summed E-state index contributed by atoms with van der Waals surface area (Å²) in [6, 6.07) is 0. The van der Waals surface area contributed by atoms with Gasteiger partial charge in [-0.1, -0.05) is 0 Å². The average Bonchev–Trinajstić information content (AvgIpc) is 1.87. The molecule has 0 heterocycles. The standard InChI is InChI=1S/C7H18O3Si/c1-6-9-11(5,8-4)10-7(2)3/h7H,6H2,1-5H3. The van der Waals surface area contributed by atoms with Crippen molar-refractivity contribution in [1.82, 2.24) is 0 Å². The van der Waals surface area contributed by atoms with Gasteiger partial charge in [-0.25, -0.2) is 0 Å². The van der Waals surface area contributed by atoms with E-state index < -0.39 is 8.80 Å². The fourth-order valence-corrected chi connectivity index (χ4v) is 2.49. The largest absolute Gasteiger partial charge is 0.497 e. The van der Waals surface area contributed by atoms with E-state index in [4.69, 9.17) is 13.3 Å². The summed E-state index contributed by atoms with van der Waals surface area (Å²) in [4.78, 5) is 0. The van der Waals surface area contributed by atoms with E-state index in [-0.39, 0.29) is 6.10 Å². The van der Waals surface area contributed by atoms with Gasteiger partial charge in [0.05, 0.1) is 0 Å². The highest BCUT2D eigenvalue weighted by Crippen LogP contribution is 2.10. The molecule has 0 rings (SSSR count). The lowest BCUT2D eigenvalue weighted by molar-refractivity contribution is 0.0631. The van der Waals surface area contributed by atoms with Crippen LogP contribution in [-0.2, 0) is 13.3 Å². The van der Waals surface area contributed by atoms with Crippen LogP contribution in [0.3, 0.4) is 0 Å². The molecule has 1 atom stereocenters. The summed E-state index contributed by atoms with van der Waals surface area (Å²) in [5.41, 5.74) is 0. The van der Waals surface area contributed by atoms with Gasteiger partial charge in [-0.05, 0) is 20.8 Å². The molecule has 0 aromatic heterocycles. The maximum absolute atomic E-state index is 5.52. The SMILES string of the molecule is CCO[Si](C)(OC)OC(C)C. The molecule has 0 fully saturated rings. The van der Waals surface area contributed by atoms with Crippen molar-refractivity contribution in [3.63, 3.8) is 0 Å². The van der Waals surface area contributed by atoms with Gasteiger partial charge >= 0.3 is 8.80 Å². The highest BCUT2D eigenvalue weighted by atomic mass is 28.4. The summed E-state index contributed by atoms with van der Waals surface area (Å²) in [5, 5.41) is 0. The molecule has 0 amide bonds. The number of rotatable bonds is 5. The van der Waals surface area contributed by atoms with E-state index in [1.54, 1.807) is 7.11 Å². The van der Waals surface area contributed by atoms with Crippen LogP contribution in [0.5, 0.6) is 0 Å². The molecule has 0 aromatic rings. The van der Waals surface area contributed by atoms with Crippen LogP contribution in [-0.4, -0.2) is 28.6 Å². The molecule has 0 bridgehead atoms. The molecule has 0 spiro atoms. The summed E-state index contributed by atoms with van der Waals surface area (Å²) in [6.07, 6.45) is 0.165. The monoisotopic (exact) mass is 178 g/mol. The zero-order chi connectivity index (χ0) is 8.91. The van der Waals surface area contributed by atoms with Crippen LogP contribution in [0.15, 0.2) is 0 Å². The Morgan fingerprint density at radius 1 is 1.36 bits per heavy atom. The van der Waals surface area contributed by atoms with Gasteiger partial charge in [0.25, 0.3) is 0 Å². The third-order valence-corrected chi connectivity index (χ3v) is 3.68. The second-order valence-electron chi connectivity index (χ2n) is 2.67. The molecule has 3 nitrogen and oxygen atoms in total. The first-order valence-corrected chi connectivity index (χ1v) is 6.13. The third kappa shape index (κ3) is 4.52. The van der Waals surface area contributed by atoms with Crippen LogP contribution < -0.4 is 0 Å². The lowest BCUT2D eigenvalue weighted by Gasteiger charge is -2.25. The van der Waals surface area contributed by atoms with Gasteiger partial charge in [0, 0.05) is 26.4 Å². The van der Waals surface area contributed by atoms with Crippen molar-refractivity contribution in [2.75, 3.05) is 13.7 Å². The smallest absolute Gasteiger partial charge is 0.377 e. The zero-order valence-electron chi connectivity index (χ0n) is 8.01. The summed E-state index contributed by atoms with van der Waals surface area (Å²) < 4.78 is 16.1. The normalized spacial score (nSPS) is 16.9. The molecule has 0 aliphatic carbocycles. The molecule has 1 unspecified atom stereocenters. The molecule has 4 heteroatoms. The molecule has 0 saturated heterocycles. The van der Waals surface area contributed by atoms with Crippen LogP contribution in [0.2, 0.25) is 6.55 Å². The van der Waals surface area contributed by atoms with E-state index in [1.165, 1.54) is 0 Å². The second kappa shape index (κ2) is 4.87. The van der Waals surface area contributed by atoms with Gasteiger partial charge < -0.3 is 13.3 Å². The van der Waals surface area contributed by atoms with Crippen molar-refractivity contribution in [2.45, 2.75) is 33.4 Å². The van der Waals surface area contributed by atoms with Crippen LogP contribution in [0.4, 0.5) is 0 Å². The van der Waals surface area contributed by atoms with Crippen molar-refractivity contribution in [1.29, 1.82) is 0 Å². The third-order valence-electron chi connectivity index (χ3n) is 1.23. The van der Waals surface area contributed by atoms with Crippen molar-refractivity contribution >= 4 is 8.80 Å². The lowest BCUT2D eigenvalue weighted by Crippen LogP contribution is -2.43. The van der Waals surface area contributed by atoms with Crippen LogP contribution in [0.1, 0.15) is 20.8 Å². The molecule has 0 aliphatic heterocycles. The Morgan fingerprint density at radius 2 is 1.91 bits per heavy atom. The molecule has 11 heavy (non-hydrogen) atoms. The molecule has 0 saturated carbocycles. The van der Waals surface area contributed by atoms with Gasteiger partial charge in [-0.3, -0.25) is 0 Å². The molecule has 0 radical (unpaired) electrons. The summed E-state index contributed by atoms with van der Waals surface area (Å²) >= 11 is 0. The first-order valence-electron chi connectivity index (χ1n) is 3.91. The quantitative estimate of drug-likeness (QED) is 0.599. The van der Waals surface area contributed by atoms with E-state index >= 15 is 0 Å². The Bertz CT molecular complexity index is 108. The summed E-state index contributed by atoms with van der Waals surface area (Å²) in [5.74, 6) is 0. The Morgan fingerprint density at radius 3 is 2.18 bits per heavy atom. The fraction of sp³-hybridized carbons (Fsp3) is 1.00. The van der Waals surface area contributed by atoms with Gasteiger partial charge in [-0.15, -0.1) is 0 Å². The Kier molecular flexibility index (Phi) is 4.91. The summed E-state index contributed by atoms with van der Waals surface area (Å²) in [6.45, 7) is 8.43. The van der Waals surface area contributed by atoms with Crippen LogP contribution in [0, 0.1) is 0 Å². The predicted molar refractivity (Wildman–Crippen MR) is 46.5 cm³/mol. The van der Waals surface area contributed by atoms with Gasteiger partial charge in [-0.2, -0.15) is 0 Å². The van der Waals surface area contributed by atoms with E-state index in [0.29, 0.717) is 6.61 Å². The van der Waals surface area contributed by atoms with Crippen molar-refractivity contribution in [3.05, 3.63) is 0 Å². The second-order valence-corrected chi connectivity index (χ2v) is 5.32. The lowest BCUT2D eigenvalue weighted by atomic mass is 10.5. The minimum Gasteiger partial charge on any atom is -0.377 e. The summed E-state index contributed by atoms with van der Waals surface area (Å²) in [7, 11) is -0.657. The maximum atomic E-state index is 5.52. The highest BCUT2D eigenvalue weighted by molar-refractivity contribution is 6.59. The van der Waals surface area contributed by atoms with E-state index in [9.17, 15) is 0 Å². The Labute approximate surface area is 70.0 Å². The van der Waals surface area contributed by atoms with Crippen molar-refractivity contribution in [3.8, 4) is 0 Å². The molecular formula is C7H18O3Si. The zero-order valence-corrected chi connectivity index (χ0v) is 9.01. The van der Waals surface area contributed by atoms with E-state index in [1.807, 2.05) is 27.3 Å². The molecular weight excluding hydrogens is 160 g/mol. The molecule has 0 aromatic carbocycles. The Hall–Kier alpha value is 0.0969. The van der Waals surface area contributed by atoms with Gasteiger partial charge in [0.1, 0.15) is 0 Å². The van der Waals surface area contributed by atoms with Crippen LogP contribution >= 0.6 is 0 Å². The minimum atomic E-state index is -2.29. The Balaban J connectivity index is 3.87. The van der Waals surface area contributed by atoms with Gasteiger partial charge in [0.2, 0.25) is 0 Å². The van der Waals surface area contributed by atoms with E-state index in [2.05, 4.69) is 0 Å². The molecule has 68 valence electrons. The van der Waals surface area contributed by atoms with Crippen molar-refractivity contribution < 1.29 is 13.3 Å². The van der Waals surface area contributed by atoms with Crippen LogP contribution in [0.25, 0.3) is 0 Å².